The summed E-state index contributed by atoms with van der Waals surface area (Å²) in [5, 5.41) is 24.5. The Morgan fingerprint density at radius 2 is 1.35 bits per heavy atom. The molecule has 9 rings (SSSR count). The number of ether oxygens (including phenoxy) is 1. The van der Waals surface area contributed by atoms with Gasteiger partial charge in [0.25, 0.3) is 0 Å². The van der Waals surface area contributed by atoms with E-state index in [1.807, 2.05) is 78.9 Å². The number of nitrogens with zero attached hydrogens (tertiary/aromatic N) is 6. The highest BCUT2D eigenvalue weighted by atomic mass is 16.5. The quantitative estimate of drug-likeness (QED) is 0.190. The van der Waals surface area contributed by atoms with Gasteiger partial charge in [-0.05, 0) is 60.3 Å². The summed E-state index contributed by atoms with van der Waals surface area (Å²) >= 11 is 0. The van der Waals surface area contributed by atoms with Gasteiger partial charge in [0.15, 0.2) is 11.5 Å². The minimum absolute atomic E-state index is 0.391. The monoisotopic (exact) mass is 592 g/mol. The van der Waals surface area contributed by atoms with Crippen LogP contribution in [0.15, 0.2) is 127 Å². The van der Waals surface area contributed by atoms with Crippen LogP contribution in [0, 0.1) is 18.3 Å². The third-order valence-corrected chi connectivity index (χ3v) is 8.69. The number of pyridine rings is 2. The second-order valence-electron chi connectivity index (χ2n) is 11.3. The second kappa shape index (κ2) is 10.0. The first kappa shape index (κ1) is 25.9. The van der Waals surface area contributed by atoms with Gasteiger partial charge in [-0.3, -0.25) is 8.97 Å². The van der Waals surface area contributed by atoms with Gasteiger partial charge in [-0.15, -0.1) is 10.2 Å². The van der Waals surface area contributed by atoms with Crippen molar-refractivity contribution >= 4 is 49.3 Å². The van der Waals surface area contributed by atoms with Gasteiger partial charge < -0.3 is 4.74 Å². The van der Waals surface area contributed by atoms with Gasteiger partial charge in [0.1, 0.15) is 17.5 Å². The molecule has 0 saturated heterocycles. The Balaban J connectivity index is 1.26. The normalized spacial score (nSPS) is 11.6. The molecule has 7 heteroatoms. The molecule has 0 bridgehead atoms. The summed E-state index contributed by atoms with van der Waals surface area (Å²) in [4.78, 5) is 5.00. The fraction of sp³-hybridized carbons (Fsp3) is 0.0256. The van der Waals surface area contributed by atoms with E-state index in [1.54, 1.807) is 0 Å². The van der Waals surface area contributed by atoms with Crippen molar-refractivity contribution in [2.75, 3.05) is 0 Å². The van der Waals surface area contributed by atoms with E-state index in [0.29, 0.717) is 22.8 Å². The van der Waals surface area contributed by atoms with Crippen LogP contribution in [0.5, 0.6) is 11.6 Å². The Bertz CT molecular complexity index is 2700. The van der Waals surface area contributed by atoms with Crippen LogP contribution >= 0.6 is 0 Å². The molecule has 0 unspecified atom stereocenters. The van der Waals surface area contributed by atoms with Gasteiger partial charge >= 0.3 is 0 Å². The van der Waals surface area contributed by atoms with Gasteiger partial charge in [-0.25, -0.2) is 0 Å². The third kappa shape index (κ3) is 3.81. The molecule has 5 aromatic carbocycles. The molecule has 9 aromatic rings. The Kier molecular flexibility index (Phi) is 5.64. The lowest BCUT2D eigenvalue weighted by molar-refractivity contribution is 0.464. The average Bonchev–Trinajstić information content (AvgIpc) is 3.69. The van der Waals surface area contributed by atoms with Gasteiger partial charge in [0.2, 0.25) is 5.88 Å². The minimum atomic E-state index is 0.391. The number of benzene rings is 5. The zero-order valence-corrected chi connectivity index (χ0v) is 24.7. The summed E-state index contributed by atoms with van der Waals surface area (Å²) in [7, 11) is 0. The van der Waals surface area contributed by atoms with Gasteiger partial charge in [0.05, 0.1) is 16.6 Å². The van der Waals surface area contributed by atoms with Crippen LogP contribution in [0.3, 0.4) is 0 Å². The van der Waals surface area contributed by atoms with Crippen molar-refractivity contribution in [1.82, 2.24) is 24.1 Å². The lowest BCUT2D eigenvalue weighted by atomic mass is 10.0. The molecule has 0 spiro atoms. The van der Waals surface area contributed by atoms with E-state index in [4.69, 9.17) is 9.72 Å². The molecule has 46 heavy (non-hydrogen) atoms. The second-order valence-corrected chi connectivity index (χ2v) is 11.3. The van der Waals surface area contributed by atoms with Crippen LogP contribution in [-0.4, -0.2) is 24.1 Å². The van der Waals surface area contributed by atoms with Crippen LogP contribution in [0.2, 0.25) is 0 Å². The summed E-state index contributed by atoms with van der Waals surface area (Å²) in [6.07, 6.45) is 0. The van der Waals surface area contributed by atoms with Crippen molar-refractivity contribution in [1.29, 1.82) is 5.26 Å². The number of hydrogen-bond acceptors (Lipinski definition) is 5. The van der Waals surface area contributed by atoms with Crippen molar-refractivity contribution < 1.29 is 4.74 Å². The molecule has 216 valence electrons. The van der Waals surface area contributed by atoms with E-state index < -0.39 is 0 Å². The number of hydrogen-bond donors (Lipinski definition) is 0. The van der Waals surface area contributed by atoms with Crippen molar-refractivity contribution in [3.63, 3.8) is 0 Å². The number of fused-ring (bicyclic) bond motifs is 9. The number of para-hydroxylation sites is 3. The van der Waals surface area contributed by atoms with E-state index in [1.165, 1.54) is 0 Å². The zero-order valence-electron chi connectivity index (χ0n) is 24.7. The summed E-state index contributed by atoms with van der Waals surface area (Å²) < 4.78 is 10.7. The summed E-state index contributed by atoms with van der Waals surface area (Å²) in [5.41, 5.74) is 7.02. The fourth-order valence-corrected chi connectivity index (χ4v) is 6.57. The molecule has 4 aromatic heterocycles. The lowest BCUT2D eigenvalue weighted by Gasteiger charge is -2.13. The summed E-state index contributed by atoms with van der Waals surface area (Å²) in [5.74, 6) is 1.56. The van der Waals surface area contributed by atoms with Gasteiger partial charge in [0, 0.05) is 38.9 Å². The molecule has 0 fully saturated rings. The van der Waals surface area contributed by atoms with E-state index >= 15 is 0 Å². The molecule has 0 saturated carbocycles. The Hall–Kier alpha value is -6.52. The largest absolute Gasteiger partial charge is 0.438 e. The third-order valence-electron chi connectivity index (χ3n) is 8.69. The maximum absolute atomic E-state index is 10.3. The average molecular weight is 593 g/mol. The molecule has 4 heterocycles. The molecular formula is C39H24N6O. The van der Waals surface area contributed by atoms with Crippen LogP contribution < -0.4 is 4.74 Å². The van der Waals surface area contributed by atoms with Crippen molar-refractivity contribution in [2.45, 2.75) is 6.92 Å². The Morgan fingerprint density at radius 3 is 2.15 bits per heavy atom. The number of aryl methyl sites for hydroxylation is 1. The van der Waals surface area contributed by atoms with Gasteiger partial charge in [-0.1, -0.05) is 78.9 Å². The SMILES string of the molecule is Cc1ccccc1-c1nnc2c3cc(Oc4ccc5c6ccccc6n(-c6ccccc6)c5n4)c(C#N)cc3c3ccccc3n12. The molecule has 0 aliphatic rings. The lowest BCUT2D eigenvalue weighted by Crippen LogP contribution is -1.98. The van der Waals surface area contributed by atoms with Crippen LogP contribution in [-0.2, 0) is 0 Å². The molecule has 0 radical (unpaired) electrons. The van der Waals surface area contributed by atoms with Crippen LogP contribution in [0.25, 0.3) is 66.3 Å². The summed E-state index contributed by atoms with van der Waals surface area (Å²) in [6.45, 7) is 2.08. The van der Waals surface area contributed by atoms with Crippen molar-refractivity contribution in [2.24, 2.45) is 0 Å². The number of aromatic nitrogens is 5. The highest BCUT2D eigenvalue weighted by Gasteiger charge is 2.20. The number of rotatable bonds is 4. The van der Waals surface area contributed by atoms with Crippen LogP contribution in [0.4, 0.5) is 0 Å². The van der Waals surface area contributed by atoms with Crippen molar-refractivity contribution in [3.05, 3.63) is 139 Å². The first-order valence-electron chi connectivity index (χ1n) is 15.0. The highest BCUT2D eigenvalue weighted by Crippen LogP contribution is 2.38. The van der Waals surface area contributed by atoms with E-state index in [2.05, 4.69) is 80.7 Å². The highest BCUT2D eigenvalue weighted by molar-refractivity contribution is 6.13. The first-order chi connectivity index (χ1) is 22.7. The maximum atomic E-state index is 10.3. The van der Waals surface area contributed by atoms with Crippen LogP contribution in [0.1, 0.15) is 11.1 Å². The molecule has 0 atom stereocenters. The molecule has 0 amide bonds. The zero-order chi connectivity index (χ0) is 30.8. The predicted molar refractivity (Wildman–Crippen MR) is 182 cm³/mol. The molecule has 0 aliphatic heterocycles. The first-order valence-corrected chi connectivity index (χ1v) is 15.0. The summed E-state index contributed by atoms with van der Waals surface area (Å²) in [6, 6.07) is 44.8. The predicted octanol–water partition coefficient (Wildman–Crippen LogP) is 9.17. The van der Waals surface area contributed by atoms with Crippen molar-refractivity contribution in [3.8, 4) is 34.8 Å². The fourth-order valence-electron chi connectivity index (χ4n) is 6.57. The maximum Gasteiger partial charge on any atom is 0.221 e. The topological polar surface area (TPSA) is 81.0 Å². The van der Waals surface area contributed by atoms with E-state index in [9.17, 15) is 5.26 Å². The Labute approximate surface area is 263 Å². The van der Waals surface area contributed by atoms with Gasteiger partial charge in [-0.2, -0.15) is 10.2 Å². The molecular weight excluding hydrogens is 568 g/mol. The smallest absolute Gasteiger partial charge is 0.221 e. The molecule has 0 N–H and O–H groups in total. The van der Waals surface area contributed by atoms with E-state index in [-0.39, 0.29) is 0 Å². The van der Waals surface area contributed by atoms with E-state index in [0.717, 1.165) is 66.3 Å². The number of nitriles is 1. The molecule has 0 aliphatic carbocycles. The standard InChI is InChI=1S/C39H24N6O/c1-24-11-5-6-14-27(24)38-42-43-39-32-22-35(25(23-40)21-31(32)29-16-8-10-18-34(29)45(38)39)46-36-20-19-30-28-15-7-9-17-33(28)44(37(30)41-36)26-12-3-2-4-13-26/h2-22H,1H3. The molecule has 7 nitrogen and oxygen atoms in total. The Morgan fingerprint density at radius 1 is 0.630 bits per heavy atom. The minimum Gasteiger partial charge on any atom is -0.438 e.